The third-order valence-corrected chi connectivity index (χ3v) is 3.41. The van der Waals surface area contributed by atoms with E-state index in [-0.39, 0.29) is 5.69 Å². The molecule has 0 aliphatic heterocycles. The minimum Gasteiger partial charge on any atom is -0.307 e. The van der Waals surface area contributed by atoms with E-state index in [4.69, 9.17) is 5.26 Å². The quantitative estimate of drug-likeness (QED) is 0.644. The van der Waals surface area contributed by atoms with Crippen LogP contribution in [0.4, 0.5) is 22.0 Å². The van der Waals surface area contributed by atoms with Gasteiger partial charge in [-0.1, -0.05) is 6.07 Å². The molecule has 0 unspecified atom stereocenters. The largest absolute Gasteiger partial charge is 0.324 e. The number of anilines is 2. The van der Waals surface area contributed by atoms with Crippen LogP contribution in [0.15, 0.2) is 24.4 Å². The van der Waals surface area contributed by atoms with Gasteiger partial charge in [0.2, 0.25) is 0 Å². The van der Waals surface area contributed by atoms with Gasteiger partial charge in [-0.15, -0.1) is 0 Å². The number of nitro benzene ring substituents is 1. The predicted molar refractivity (Wildman–Crippen MR) is 87.7 cm³/mol. The van der Waals surface area contributed by atoms with E-state index in [0.717, 1.165) is 0 Å². The summed E-state index contributed by atoms with van der Waals surface area (Å²) in [5.74, 6) is 0.325. The lowest BCUT2D eigenvalue weighted by molar-refractivity contribution is -0.385. The monoisotopic (exact) mass is 328 g/mol. The first-order valence-corrected chi connectivity index (χ1v) is 7.15. The molecule has 0 aliphatic carbocycles. The molecule has 0 bridgehead atoms. The zero-order valence-corrected chi connectivity index (χ0v) is 13.2. The summed E-state index contributed by atoms with van der Waals surface area (Å²) < 4.78 is 1.54. The Morgan fingerprint density at radius 2 is 2.12 bits per heavy atom. The second-order valence-corrected chi connectivity index (χ2v) is 5.11. The molecule has 24 heavy (non-hydrogen) atoms. The number of hydrogen-bond donors (Lipinski definition) is 2. The second-order valence-electron chi connectivity index (χ2n) is 5.11. The van der Waals surface area contributed by atoms with E-state index in [0.29, 0.717) is 35.6 Å². The summed E-state index contributed by atoms with van der Waals surface area (Å²) in [7, 11) is 0. The zero-order chi connectivity index (χ0) is 17.7. The third kappa shape index (κ3) is 3.86. The van der Waals surface area contributed by atoms with Gasteiger partial charge in [0.25, 0.3) is 5.69 Å². The number of nitriles is 1. The van der Waals surface area contributed by atoms with Crippen molar-refractivity contribution < 1.29 is 9.72 Å². The lowest BCUT2D eigenvalue weighted by Crippen LogP contribution is -2.21. The molecule has 0 saturated carbocycles. The van der Waals surface area contributed by atoms with E-state index in [2.05, 4.69) is 15.7 Å². The molecule has 9 nitrogen and oxygen atoms in total. The van der Waals surface area contributed by atoms with Gasteiger partial charge in [-0.05, 0) is 19.4 Å². The van der Waals surface area contributed by atoms with Gasteiger partial charge >= 0.3 is 6.03 Å². The number of benzene rings is 1. The van der Waals surface area contributed by atoms with Crippen LogP contribution in [0.25, 0.3) is 0 Å². The zero-order valence-electron chi connectivity index (χ0n) is 13.2. The Labute approximate surface area is 138 Å². The molecule has 0 atom stereocenters. The Morgan fingerprint density at radius 3 is 2.79 bits per heavy atom. The average Bonchev–Trinajstić information content (AvgIpc) is 2.96. The van der Waals surface area contributed by atoms with Crippen molar-refractivity contribution in [3.05, 3.63) is 45.6 Å². The SMILES string of the molecule is Cc1ccc([N+](=O)[O-])c(C)c1NC(=O)Nc1ccn(CCC#N)n1. The molecule has 1 heterocycles. The fourth-order valence-corrected chi connectivity index (χ4v) is 2.20. The van der Waals surface area contributed by atoms with Gasteiger partial charge in [0, 0.05) is 18.3 Å². The maximum atomic E-state index is 12.1. The molecule has 2 rings (SSSR count). The van der Waals surface area contributed by atoms with Crippen LogP contribution in [0.2, 0.25) is 0 Å². The van der Waals surface area contributed by atoms with Crippen LogP contribution in [-0.4, -0.2) is 20.7 Å². The third-order valence-electron chi connectivity index (χ3n) is 3.41. The Bertz CT molecular complexity index is 821. The second kappa shape index (κ2) is 7.23. The van der Waals surface area contributed by atoms with E-state index >= 15 is 0 Å². The number of carbonyl (C=O) groups is 1. The van der Waals surface area contributed by atoms with Crippen molar-refractivity contribution in [1.29, 1.82) is 5.26 Å². The molecule has 2 N–H and O–H groups in total. The Kier molecular flexibility index (Phi) is 5.11. The van der Waals surface area contributed by atoms with Crippen LogP contribution >= 0.6 is 0 Å². The summed E-state index contributed by atoms with van der Waals surface area (Å²) in [5, 5.41) is 28.8. The summed E-state index contributed by atoms with van der Waals surface area (Å²) in [6.45, 7) is 3.77. The molecule has 0 aliphatic rings. The first-order chi connectivity index (χ1) is 11.4. The Morgan fingerprint density at radius 1 is 1.38 bits per heavy atom. The van der Waals surface area contributed by atoms with Crippen LogP contribution in [-0.2, 0) is 6.54 Å². The summed E-state index contributed by atoms with van der Waals surface area (Å²) in [6, 6.07) is 6.05. The highest BCUT2D eigenvalue weighted by Gasteiger charge is 2.17. The Balaban J connectivity index is 2.10. The van der Waals surface area contributed by atoms with Crippen molar-refractivity contribution >= 4 is 23.2 Å². The molecule has 9 heteroatoms. The number of amides is 2. The number of nitro groups is 1. The minimum absolute atomic E-state index is 0.0586. The van der Waals surface area contributed by atoms with Crippen LogP contribution in [0.3, 0.4) is 0 Å². The lowest BCUT2D eigenvalue weighted by Gasteiger charge is -2.11. The molecule has 1 aromatic carbocycles. The van der Waals surface area contributed by atoms with Crippen LogP contribution in [0.5, 0.6) is 0 Å². The van der Waals surface area contributed by atoms with E-state index in [1.54, 1.807) is 36.9 Å². The molecular weight excluding hydrogens is 312 g/mol. The standard InChI is InChI=1S/C15H16N6O3/c1-10-4-5-12(21(23)24)11(2)14(10)18-15(22)17-13-6-9-20(19-13)8-3-7-16/h4-6,9H,3,8H2,1-2H3,(H2,17,18,19,22). The molecule has 1 aromatic heterocycles. The van der Waals surface area contributed by atoms with Crippen molar-refractivity contribution in [2.45, 2.75) is 26.8 Å². The number of carbonyl (C=O) groups excluding carboxylic acids is 1. The maximum Gasteiger partial charge on any atom is 0.324 e. The highest BCUT2D eigenvalue weighted by Crippen LogP contribution is 2.28. The highest BCUT2D eigenvalue weighted by molar-refractivity contribution is 6.00. The number of nitrogens with one attached hydrogen (secondary N) is 2. The minimum atomic E-state index is -0.549. The van der Waals surface area contributed by atoms with Crippen LogP contribution in [0, 0.1) is 35.3 Å². The van der Waals surface area contributed by atoms with Gasteiger partial charge in [0.15, 0.2) is 5.82 Å². The molecular formula is C15H16N6O3. The maximum absolute atomic E-state index is 12.1. The number of nitrogens with zero attached hydrogens (tertiary/aromatic N) is 4. The number of aryl methyl sites for hydroxylation is 2. The number of hydrogen-bond acceptors (Lipinski definition) is 5. The van der Waals surface area contributed by atoms with E-state index < -0.39 is 11.0 Å². The molecule has 0 spiro atoms. The van der Waals surface area contributed by atoms with Gasteiger partial charge in [-0.25, -0.2) is 4.79 Å². The van der Waals surface area contributed by atoms with Crippen LogP contribution in [0.1, 0.15) is 17.5 Å². The molecule has 0 saturated heterocycles. The summed E-state index contributed by atoms with van der Waals surface area (Å²) in [6.07, 6.45) is 1.97. The van der Waals surface area contributed by atoms with Gasteiger partial charge in [-0.3, -0.25) is 20.1 Å². The van der Waals surface area contributed by atoms with E-state index in [1.165, 1.54) is 6.07 Å². The first-order valence-electron chi connectivity index (χ1n) is 7.15. The molecule has 2 amide bonds. The van der Waals surface area contributed by atoms with Crippen molar-refractivity contribution in [2.75, 3.05) is 10.6 Å². The fourth-order valence-electron chi connectivity index (χ4n) is 2.20. The number of urea groups is 1. The first kappa shape index (κ1) is 17.0. The van der Waals surface area contributed by atoms with Gasteiger partial charge in [0.05, 0.1) is 35.2 Å². The van der Waals surface area contributed by atoms with Gasteiger partial charge in [0.1, 0.15) is 0 Å². The van der Waals surface area contributed by atoms with Crippen LogP contribution < -0.4 is 10.6 Å². The van der Waals surface area contributed by atoms with Gasteiger partial charge < -0.3 is 5.32 Å². The lowest BCUT2D eigenvalue weighted by atomic mass is 10.1. The summed E-state index contributed by atoms with van der Waals surface area (Å²) in [4.78, 5) is 22.6. The highest BCUT2D eigenvalue weighted by atomic mass is 16.6. The molecule has 2 aromatic rings. The summed E-state index contributed by atoms with van der Waals surface area (Å²) in [5.41, 5.74) is 1.43. The fraction of sp³-hybridized carbons (Fsp3) is 0.267. The average molecular weight is 328 g/mol. The smallest absolute Gasteiger partial charge is 0.307 e. The molecule has 0 fully saturated rings. The van der Waals surface area contributed by atoms with Crippen molar-refractivity contribution in [3.63, 3.8) is 0 Å². The van der Waals surface area contributed by atoms with Crippen molar-refractivity contribution in [2.24, 2.45) is 0 Å². The van der Waals surface area contributed by atoms with Gasteiger partial charge in [-0.2, -0.15) is 10.4 Å². The predicted octanol–water partition coefficient (Wildman–Crippen LogP) is 2.97. The number of aromatic nitrogens is 2. The van der Waals surface area contributed by atoms with E-state index in [9.17, 15) is 14.9 Å². The van der Waals surface area contributed by atoms with Crippen molar-refractivity contribution in [3.8, 4) is 6.07 Å². The molecule has 124 valence electrons. The van der Waals surface area contributed by atoms with Crippen molar-refractivity contribution in [1.82, 2.24) is 9.78 Å². The summed E-state index contributed by atoms with van der Waals surface area (Å²) >= 11 is 0. The number of rotatable bonds is 5. The Hall–Kier alpha value is -3.41. The molecule has 0 radical (unpaired) electrons. The topological polar surface area (TPSA) is 126 Å². The van der Waals surface area contributed by atoms with E-state index in [1.807, 2.05) is 6.07 Å². The normalized spacial score (nSPS) is 10.0.